The van der Waals surface area contributed by atoms with Crippen LogP contribution in [-0.4, -0.2) is 83.4 Å². The summed E-state index contributed by atoms with van der Waals surface area (Å²) in [4.78, 5) is 58.2. The van der Waals surface area contributed by atoms with Crippen molar-refractivity contribution in [2.45, 2.75) is 57.7 Å². The normalized spacial score (nSPS) is 15.1. The van der Waals surface area contributed by atoms with Gasteiger partial charge in [-0.1, -0.05) is 55.1 Å². The Balaban J connectivity index is 1.61. The van der Waals surface area contributed by atoms with E-state index in [2.05, 4.69) is 29.2 Å². The SMILES string of the molecule is C=C(c1ccc2ccccc2c1)[C@H](C(=O)N(C)[C@H](Cc1ccc(I)cc1)C(N)=O)N(C)C(=O)C1CCN(C(=O)OC(C)(C)C)CC1. The molecule has 3 aromatic carbocycles. The first-order valence-corrected chi connectivity index (χ1v) is 16.5. The average Bonchev–Trinajstić information content (AvgIpc) is 3.02. The molecular formula is C36H43IN4O5. The number of likely N-dealkylation sites (tertiary alicyclic amines) is 1. The molecule has 1 heterocycles. The number of primary amides is 1. The number of amides is 4. The van der Waals surface area contributed by atoms with Crippen LogP contribution >= 0.6 is 22.6 Å². The lowest BCUT2D eigenvalue weighted by Gasteiger charge is -2.38. The zero-order valence-corrected chi connectivity index (χ0v) is 29.3. The molecule has 244 valence electrons. The molecule has 0 radical (unpaired) electrons. The average molecular weight is 739 g/mol. The van der Waals surface area contributed by atoms with Crippen LogP contribution in [0.3, 0.4) is 0 Å². The van der Waals surface area contributed by atoms with Gasteiger partial charge in [-0.25, -0.2) is 4.79 Å². The maximum atomic E-state index is 14.4. The second-order valence-corrected chi connectivity index (χ2v) is 14.1. The van der Waals surface area contributed by atoms with Gasteiger partial charge in [0.25, 0.3) is 0 Å². The van der Waals surface area contributed by atoms with E-state index in [0.717, 1.165) is 19.9 Å². The summed E-state index contributed by atoms with van der Waals surface area (Å²) in [7, 11) is 3.15. The number of hydrogen-bond donors (Lipinski definition) is 1. The van der Waals surface area contributed by atoms with Gasteiger partial charge in [0, 0.05) is 43.1 Å². The van der Waals surface area contributed by atoms with Crippen LogP contribution in [0.2, 0.25) is 0 Å². The van der Waals surface area contributed by atoms with Crippen molar-refractivity contribution in [1.82, 2.24) is 14.7 Å². The molecule has 0 saturated carbocycles. The van der Waals surface area contributed by atoms with Crippen molar-refractivity contribution in [3.63, 3.8) is 0 Å². The molecule has 1 saturated heterocycles. The Bertz CT molecular complexity index is 1610. The molecule has 4 rings (SSSR count). The van der Waals surface area contributed by atoms with Crippen LogP contribution in [0, 0.1) is 9.49 Å². The number of benzene rings is 3. The van der Waals surface area contributed by atoms with Gasteiger partial charge >= 0.3 is 6.09 Å². The number of carbonyl (C=O) groups is 4. The molecule has 0 bridgehead atoms. The zero-order valence-electron chi connectivity index (χ0n) is 27.2. The van der Waals surface area contributed by atoms with Crippen molar-refractivity contribution in [2.75, 3.05) is 27.2 Å². The van der Waals surface area contributed by atoms with Gasteiger partial charge < -0.3 is 25.2 Å². The Morgan fingerprint density at radius 1 is 0.957 bits per heavy atom. The third-order valence-electron chi connectivity index (χ3n) is 8.40. The van der Waals surface area contributed by atoms with Crippen molar-refractivity contribution >= 4 is 62.8 Å². The highest BCUT2D eigenvalue weighted by atomic mass is 127. The molecule has 1 aliphatic rings. The Kier molecular flexibility index (Phi) is 11.1. The van der Waals surface area contributed by atoms with E-state index >= 15 is 0 Å². The van der Waals surface area contributed by atoms with Crippen molar-refractivity contribution in [3.8, 4) is 0 Å². The van der Waals surface area contributed by atoms with E-state index in [1.165, 1.54) is 9.80 Å². The van der Waals surface area contributed by atoms with Crippen molar-refractivity contribution in [1.29, 1.82) is 0 Å². The lowest BCUT2D eigenvalue weighted by molar-refractivity contribution is -0.147. The van der Waals surface area contributed by atoms with Gasteiger partial charge in [0.15, 0.2) is 0 Å². The number of hydrogen-bond acceptors (Lipinski definition) is 5. The maximum absolute atomic E-state index is 14.4. The fourth-order valence-electron chi connectivity index (χ4n) is 5.76. The lowest BCUT2D eigenvalue weighted by atomic mass is 9.91. The van der Waals surface area contributed by atoms with Gasteiger partial charge in [0.2, 0.25) is 17.7 Å². The summed E-state index contributed by atoms with van der Waals surface area (Å²) in [5, 5.41) is 2.00. The molecule has 2 N–H and O–H groups in total. The molecular weight excluding hydrogens is 695 g/mol. The van der Waals surface area contributed by atoms with Crippen LogP contribution in [0.15, 0.2) is 73.3 Å². The summed E-state index contributed by atoms with van der Waals surface area (Å²) < 4.78 is 6.56. The molecule has 10 heteroatoms. The first-order valence-electron chi connectivity index (χ1n) is 15.4. The maximum Gasteiger partial charge on any atom is 0.410 e. The van der Waals surface area contributed by atoms with E-state index in [9.17, 15) is 19.2 Å². The number of ether oxygens (including phenoxy) is 1. The number of piperidine rings is 1. The number of fused-ring (bicyclic) bond motifs is 1. The molecule has 2 atom stereocenters. The molecule has 9 nitrogen and oxygen atoms in total. The van der Waals surface area contributed by atoms with Gasteiger partial charge in [0.05, 0.1) is 0 Å². The van der Waals surface area contributed by atoms with Crippen LogP contribution in [0.1, 0.15) is 44.7 Å². The molecule has 1 aliphatic heterocycles. The standard InChI is InChI=1S/C36H43IN4O5/c1-23(27-14-13-25-9-7-8-10-28(25)22-27)31(34(44)39(5)30(32(38)42)21-24-11-15-29(37)16-12-24)40(6)33(43)26-17-19-41(20-18-26)35(45)46-36(2,3)4/h7-16,22,26,30-31H,1,17-21H2,2-6H3,(H2,38,42)/t30-,31-/m1/s1. The Morgan fingerprint density at radius 3 is 2.15 bits per heavy atom. The molecule has 46 heavy (non-hydrogen) atoms. The van der Waals surface area contributed by atoms with E-state index in [-0.39, 0.29) is 12.3 Å². The lowest BCUT2D eigenvalue weighted by Crippen LogP contribution is -2.56. The van der Waals surface area contributed by atoms with Crippen LogP contribution in [-0.2, 0) is 25.5 Å². The minimum atomic E-state index is -1.10. The van der Waals surface area contributed by atoms with E-state index in [1.54, 1.807) is 19.0 Å². The zero-order chi connectivity index (χ0) is 33.8. The summed E-state index contributed by atoms with van der Waals surface area (Å²) >= 11 is 2.21. The quantitative estimate of drug-likeness (QED) is 0.292. The van der Waals surface area contributed by atoms with E-state index in [1.807, 2.05) is 87.5 Å². The summed E-state index contributed by atoms with van der Waals surface area (Å²) in [6.45, 7) is 10.5. The first kappa shape index (κ1) is 34.9. The van der Waals surface area contributed by atoms with Crippen LogP contribution in [0.25, 0.3) is 16.3 Å². The van der Waals surface area contributed by atoms with Gasteiger partial charge in [-0.05, 0) is 102 Å². The number of likely N-dealkylation sites (N-methyl/N-ethyl adjacent to an activating group) is 2. The monoisotopic (exact) mass is 738 g/mol. The minimum absolute atomic E-state index is 0.227. The summed E-state index contributed by atoms with van der Waals surface area (Å²) in [6, 6.07) is 19.3. The highest BCUT2D eigenvalue weighted by molar-refractivity contribution is 14.1. The van der Waals surface area contributed by atoms with Crippen molar-refractivity contribution < 1.29 is 23.9 Å². The van der Waals surface area contributed by atoms with Gasteiger partial charge in [-0.2, -0.15) is 0 Å². The second kappa shape index (κ2) is 14.7. The first-order chi connectivity index (χ1) is 21.7. The second-order valence-electron chi connectivity index (χ2n) is 12.9. The van der Waals surface area contributed by atoms with Crippen molar-refractivity contribution in [3.05, 3.63) is 88.0 Å². The number of nitrogens with two attached hydrogens (primary N) is 1. The van der Waals surface area contributed by atoms with E-state index in [0.29, 0.717) is 37.1 Å². The highest BCUT2D eigenvalue weighted by Crippen LogP contribution is 2.29. The highest BCUT2D eigenvalue weighted by Gasteiger charge is 2.39. The smallest absolute Gasteiger partial charge is 0.410 e. The Labute approximate surface area is 284 Å². The van der Waals surface area contributed by atoms with Crippen LogP contribution in [0.5, 0.6) is 0 Å². The number of halogens is 1. The minimum Gasteiger partial charge on any atom is -0.444 e. The Hall–Kier alpha value is -3.93. The van der Waals surface area contributed by atoms with Gasteiger partial charge in [-0.3, -0.25) is 14.4 Å². The van der Waals surface area contributed by atoms with E-state index < -0.39 is 41.5 Å². The molecule has 3 aromatic rings. The third kappa shape index (κ3) is 8.45. The predicted octanol–water partition coefficient (Wildman–Crippen LogP) is 5.49. The fourth-order valence-corrected chi connectivity index (χ4v) is 6.12. The van der Waals surface area contributed by atoms with Crippen LogP contribution in [0.4, 0.5) is 4.79 Å². The topological polar surface area (TPSA) is 113 Å². The third-order valence-corrected chi connectivity index (χ3v) is 9.12. The number of carbonyl (C=O) groups excluding carboxylic acids is 4. The van der Waals surface area contributed by atoms with Crippen LogP contribution < -0.4 is 5.73 Å². The molecule has 0 aromatic heterocycles. The van der Waals surface area contributed by atoms with Gasteiger partial charge in [-0.15, -0.1) is 0 Å². The molecule has 0 spiro atoms. The number of rotatable bonds is 9. The Morgan fingerprint density at radius 2 is 1.57 bits per heavy atom. The fraction of sp³-hybridized carbons (Fsp3) is 0.389. The van der Waals surface area contributed by atoms with Crippen molar-refractivity contribution in [2.24, 2.45) is 11.7 Å². The predicted molar refractivity (Wildman–Crippen MR) is 189 cm³/mol. The number of nitrogens with zero attached hydrogens (tertiary/aromatic N) is 3. The summed E-state index contributed by atoms with van der Waals surface area (Å²) in [5.74, 6) is -1.75. The molecule has 4 amide bonds. The van der Waals surface area contributed by atoms with Gasteiger partial charge in [0.1, 0.15) is 17.7 Å². The molecule has 0 aliphatic carbocycles. The largest absolute Gasteiger partial charge is 0.444 e. The summed E-state index contributed by atoms with van der Waals surface area (Å²) in [5.41, 5.74) is 7.23. The molecule has 1 fully saturated rings. The molecule has 0 unspecified atom stereocenters. The summed E-state index contributed by atoms with van der Waals surface area (Å²) in [6.07, 6.45) is 0.679. The van der Waals surface area contributed by atoms with E-state index in [4.69, 9.17) is 10.5 Å².